The zero-order valence-electron chi connectivity index (χ0n) is 11.2. The highest BCUT2D eigenvalue weighted by atomic mass is 32.1. The number of thiophene rings is 1. The maximum atomic E-state index is 3.51. The summed E-state index contributed by atoms with van der Waals surface area (Å²) in [6, 6.07) is 4.36. The van der Waals surface area contributed by atoms with Crippen LogP contribution in [-0.2, 0) is 6.42 Å². The summed E-state index contributed by atoms with van der Waals surface area (Å²) in [7, 11) is 2.21. The number of nitrogens with one attached hydrogen (secondary N) is 1. The van der Waals surface area contributed by atoms with E-state index < -0.39 is 0 Å². The lowest BCUT2D eigenvalue weighted by Gasteiger charge is -2.16. The molecule has 0 amide bonds. The zero-order valence-corrected chi connectivity index (χ0v) is 12.1. The maximum Gasteiger partial charge on any atom is 0.0104 e. The van der Waals surface area contributed by atoms with Crippen molar-refractivity contribution in [2.45, 2.75) is 32.6 Å². The third kappa shape index (κ3) is 7.53. The fraction of sp³-hybridized carbons (Fsp3) is 0.714. The van der Waals surface area contributed by atoms with Crippen LogP contribution >= 0.6 is 11.3 Å². The van der Waals surface area contributed by atoms with Gasteiger partial charge in [0.25, 0.3) is 0 Å². The molecule has 0 aliphatic carbocycles. The molecule has 1 rings (SSSR count). The fourth-order valence-corrected chi connectivity index (χ4v) is 2.46. The van der Waals surface area contributed by atoms with Crippen molar-refractivity contribution in [1.29, 1.82) is 0 Å². The van der Waals surface area contributed by atoms with Gasteiger partial charge in [0.2, 0.25) is 0 Å². The molecule has 0 spiro atoms. The molecule has 0 aliphatic rings. The molecule has 0 bridgehead atoms. The Morgan fingerprint density at radius 1 is 1.24 bits per heavy atom. The average molecular weight is 254 g/mol. The largest absolute Gasteiger partial charge is 0.315 e. The first-order chi connectivity index (χ1) is 8.33. The fourth-order valence-electron chi connectivity index (χ4n) is 1.76. The molecule has 0 atom stereocenters. The minimum absolute atomic E-state index is 1.12. The van der Waals surface area contributed by atoms with E-state index in [0.717, 1.165) is 19.6 Å². The van der Waals surface area contributed by atoms with Crippen molar-refractivity contribution in [3.05, 3.63) is 22.4 Å². The molecule has 0 radical (unpaired) electrons. The van der Waals surface area contributed by atoms with E-state index in [4.69, 9.17) is 0 Å². The monoisotopic (exact) mass is 254 g/mol. The van der Waals surface area contributed by atoms with Crippen LogP contribution in [0.4, 0.5) is 0 Å². The predicted molar refractivity (Wildman–Crippen MR) is 77.9 cm³/mol. The van der Waals surface area contributed by atoms with E-state index in [1.54, 1.807) is 0 Å². The summed E-state index contributed by atoms with van der Waals surface area (Å²) < 4.78 is 0. The van der Waals surface area contributed by atoms with E-state index in [2.05, 4.69) is 41.7 Å². The minimum Gasteiger partial charge on any atom is -0.315 e. The van der Waals surface area contributed by atoms with Crippen LogP contribution in [0.5, 0.6) is 0 Å². The van der Waals surface area contributed by atoms with E-state index in [9.17, 15) is 0 Å². The summed E-state index contributed by atoms with van der Waals surface area (Å²) in [4.78, 5) is 3.90. The first-order valence-corrected chi connectivity index (χ1v) is 7.62. The molecule has 1 aromatic rings. The number of likely N-dealkylation sites (N-methyl/N-ethyl adjacent to an activating group) is 1. The Hall–Kier alpha value is -0.380. The van der Waals surface area contributed by atoms with Gasteiger partial charge in [-0.2, -0.15) is 0 Å². The second-order valence-corrected chi connectivity index (χ2v) is 5.62. The molecule has 0 fully saturated rings. The number of rotatable bonds is 10. The van der Waals surface area contributed by atoms with Crippen molar-refractivity contribution in [3.8, 4) is 0 Å². The van der Waals surface area contributed by atoms with Gasteiger partial charge in [-0.05, 0) is 37.9 Å². The second kappa shape index (κ2) is 9.63. The molecule has 0 aliphatic heterocycles. The molecule has 0 unspecified atom stereocenters. The van der Waals surface area contributed by atoms with Crippen molar-refractivity contribution in [2.24, 2.45) is 0 Å². The van der Waals surface area contributed by atoms with Crippen molar-refractivity contribution in [1.82, 2.24) is 10.2 Å². The summed E-state index contributed by atoms with van der Waals surface area (Å²) in [6.07, 6.45) is 5.16. The van der Waals surface area contributed by atoms with E-state index in [-0.39, 0.29) is 0 Å². The highest BCUT2D eigenvalue weighted by Gasteiger charge is 1.99. The number of unbranched alkanes of at least 4 members (excludes halogenated alkanes) is 2. The maximum absolute atomic E-state index is 3.51. The molecular formula is C14H26N2S. The van der Waals surface area contributed by atoms with E-state index >= 15 is 0 Å². The Kier molecular flexibility index (Phi) is 8.32. The molecule has 0 saturated heterocycles. The summed E-state index contributed by atoms with van der Waals surface area (Å²) in [5.41, 5.74) is 0. The molecule has 17 heavy (non-hydrogen) atoms. The van der Waals surface area contributed by atoms with Gasteiger partial charge in [-0.3, -0.25) is 0 Å². The van der Waals surface area contributed by atoms with Crippen molar-refractivity contribution in [2.75, 3.05) is 33.2 Å². The summed E-state index contributed by atoms with van der Waals surface area (Å²) >= 11 is 1.86. The molecule has 0 saturated carbocycles. The average Bonchev–Trinajstić information content (AvgIpc) is 2.84. The minimum atomic E-state index is 1.12. The first-order valence-electron chi connectivity index (χ1n) is 6.74. The van der Waals surface area contributed by atoms with Gasteiger partial charge in [0, 0.05) is 24.5 Å². The Labute approximate surface area is 110 Å². The van der Waals surface area contributed by atoms with Gasteiger partial charge in [-0.25, -0.2) is 0 Å². The second-order valence-electron chi connectivity index (χ2n) is 4.59. The molecule has 2 nitrogen and oxygen atoms in total. The number of nitrogens with zero attached hydrogens (tertiary/aromatic N) is 1. The van der Waals surface area contributed by atoms with Crippen molar-refractivity contribution in [3.63, 3.8) is 0 Å². The number of hydrogen-bond donors (Lipinski definition) is 1. The smallest absolute Gasteiger partial charge is 0.0104 e. The summed E-state index contributed by atoms with van der Waals surface area (Å²) in [5, 5.41) is 5.66. The summed E-state index contributed by atoms with van der Waals surface area (Å²) in [5.74, 6) is 0. The van der Waals surface area contributed by atoms with Crippen molar-refractivity contribution >= 4 is 11.3 Å². The standard InChI is InChI=1S/C14H26N2S/c1-3-4-5-9-15-10-12-16(2)11-8-14-7-6-13-17-14/h6-7,13,15H,3-5,8-12H2,1-2H3. The lowest BCUT2D eigenvalue weighted by atomic mass is 10.2. The van der Waals surface area contributed by atoms with Crippen LogP contribution in [0, 0.1) is 0 Å². The molecule has 1 heterocycles. The van der Waals surface area contributed by atoms with Crippen LogP contribution in [-0.4, -0.2) is 38.1 Å². The van der Waals surface area contributed by atoms with Gasteiger partial charge in [0.1, 0.15) is 0 Å². The topological polar surface area (TPSA) is 15.3 Å². The lowest BCUT2D eigenvalue weighted by molar-refractivity contribution is 0.336. The zero-order chi connectivity index (χ0) is 12.3. The molecule has 1 aromatic heterocycles. The molecular weight excluding hydrogens is 228 g/mol. The number of hydrogen-bond acceptors (Lipinski definition) is 3. The third-order valence-corrected chi connectivity index (χ3v) is 3.88. The lowest BCUT2D eigenvalue weighted by Crippen LogP contribution is -2.31. The highest BCUT2D eigenvalue weighted by molar-refractivity contribution is 7.09. The summed E-state index contributed by atoms with van der Waals surface area (Å²) in [6.45, 7) is 6.85. The first kappa shape index (κ1) is 14.7. The predicted octanol–water partition coefficient (Wildman–Crippen LogP) is 3.00. The molecule has 3 heteroatoms. The molecule has 0 aromatic carbocycles. The van der Waals surface area contributed by atoms with Crippen LogP contribution in [0.15, 0.2) is 17.5 Å². The van der Waals surface area contributed by atoms with E-state index in [1.807, 2.05) is 11.3 Å². The van der Waals surface area contributed by atoms with Crippen LogP contribution in [0.1, 0.15) is 31.1 Å². The molecule has 98 valence electrons. The Bertz CT molecular complexity index is 259. The Morgan fingerprint density at radius 2 is 2.12 bits per heavy atom. The van der Waals surface area contributed by atoms with Crippen molar-refractivity contribution < 1.29 is 0 Å². The highest BCUT2D eigenvalue weighted by Crippen LogP contribution is 2.09. The van der Waals surface area contributed by atoms with E-state index in [1.165, 1.54) is 37.1 Å². The van der Waals surface area contributed by atoms with Crippen LogP contribution in [0.3, 0.4) is 0 Å². The van der Waals surface area contributed by atoms with Gasteiger partial charge >= 0.3 is 0 Å². The van der Waals surface area contributed by atoms with Crippen LogP contribution in [0.25, 0.3) is 0 Å². The van der Waals surface area contributed by atoms with Crippen LogP contribution in [0.2, 0.25) is 0 Å². The van der Waals surface area contributed by atoms with Gasteiger partial charge < -0.3 is 10.2 Å². The van der Waals surface area contributed by atoms with Crippen LogP contribution < -0.4 is 5.32 Å². The Morgan fingerprint density at radius 3 is 2.82 bits per heavy atom. The SMILES string of the molecule is CCCCCNCCN(C)CCc1cccs1. The van der Waals surface area contributed by atoms with Gasteiger partial charge in [-0.15, -0.1) is 11.3 Å². The third-order valence-electron chi connectivity index (χ3n) is 2.95. The van der Waals surface area contributed by atoms with Gasteiger partial charge in [0.15, 0.2) is 0 Å². The quantitative estimate of drug-likeness (QED) is 0.646. The van der Waals surface area contributed by atoms with E-state index in [0.29, 0.717) is 0 Å². The van der Waals surface area contributed by atoms with Gasteiger partial charge in [0.05, 0.1) is 0 Å². The van der Waals surface area contributed by atoms with Gasteiger partial charge in [-0.1, -0.05) is 25.8 Å². The normalized spacial score (nSPS) is 11.2. The Balaban J connectivity index is 1.92. The molecule has 1 N–H and O–H groups in total.